The summed E-state index contributed by atoms with van der Waals surface area (Å²) in [6, 6.07) is 8.58. The molecule has 9 nitrogen and oxygen atoms in total. The Labute approximate surface area is 180 Å². The predicted molar refractivity (Wildman–Crippen MR) is 111 cm³/mol. The zero-order valence-corrected chi connectivity index (χ0v) is 17.9. The molecule has 0 spiro atoms. The van der Waals surface area contributed by atoms with E-state index in [0.717, 1.165) is 28.7 Å². The first-order valence-electron chi connectivity index (χ1n) is 8.62. The van der Waals surface area contributed by atoms with Gasteiger partial charge in [-0.15, -0.1) is 11.3 Å². The number of benzene rings is 1. The second-order valence-electron chi connectivity index (χ2n) is 6.09. The molecule has 1 aromatic carbocycles. The Bertz CT molecular complexity index is 1180. The van der Waals surface area contributed by atoms with E-state index in [1.165, 1.54) is 12.3 Å². The van der Waals surface area contributed by atoms with Crippen LogP contribution in [0.5, 0.6) is 11.5 Å². The lowest BCUT2D eigenvalue weighted by molar-refractivity contribution is -0.118. The lowest BCUT2D eigenvalue weighted by Gasteiger charge is -2.07. The van der Waals surface area contributed by atoms with Gasteiger partial charge >= 0.3 is 0 Å². The maximum Gasteiger partial charge on any atom is 0.231 e. The SMILES string of the molecule is Nc1nc(SCC(=O)NCc2ccc3c(c2)OCO3)ncc1S(=O)(=O)c1cccs1. The number of nitrogens with one attached hydrogen (secondary N) is 1. The third-order valence-electron chi connectivity index (χ3n) is 4.07. The van der Waals surface area contributed by atoms with Crippen molar-refractivity contribution in [1.29, 1.82) is 0 Å². The summed E-state index contributed by atoms with van der Waals surface area (Å²) in [5.41, 5.74) is 6.71. The number of hydrogen-bond donors (Lipinski definition) is 2. The van der Waals surface area contributed by atoms with Crippen molar-refractivity contribution < 1.29 is 22.7 Å². The molecule has 0 aliphatic carbocycles. The number of carbonyl (C=O) groups is 1. The number of fused-ring (bicyclic) bond motifs is 1. The fourth-order valence-electron chi connectivity index (χ4n) is 2.60. The average Bonchev–Trinajstić information content (AvgIpc) is 3.42. The number of nitrogen functional groups attached to an aromatic ring is 1. The molecular formula is C18H16N4O5S3. The van der Waals surface area contributed by atoms with Crippen molar-refractivity contribution in [3.8, 4) is 11.5 Å². The molecule has 12 heteroatoms. The predicted octanol–water partition coefficient (Wildman–Crippen LogP) is 2.09. The van der Waals surface area contributed by atoms with Crippen molar-refractivity contribution in [2.45, 2.75) is 20.8 Å². The van der Waals surface area contributed by atoms with Crippen LogP contribution in [-0.4, -0.2) is 36.8 Å². The van der Waals surface area contributed by atoms with Gasteiger partial charge in [0.2, 0.25) is 22.5 Å². The molecule has 1 aliphatic heterocycles. The number of carbonyl (C=O) groups excluding carboxylic acids is 1. The van der Waals surface area contributed by atoms with Crippen LogP contribution in [0.25, 0.3) is 0 Å². The summed E-state index contributed by atoms with van der Waals surface area (Å²) in [5.74, 6) is 1.01. The van der Waals surface area contributed by atoms with Crippen LogP contribution < -0.4 is 20.5 Å². The monoisotopic (exact) mass is 464 g/mol. The maximum absolute atomic E-state index is 12.5. The fraction of sp³-hybridized carbons (Fsp3) is 0.167. The van der Waals surface area contributed by atoms with Gasteiger partial charge in [-0.1, -0.05) is 23.9 Å². The number of sulfone groups is 1. The number of hydrogen-bond acceptors (Lipinski definition) is 10. The number of ether oxygens (including phenoxy) is 2. The molecule has 0 saturated heterocycles. The van der Waals surface area contributed by atoms with Crippen LogP contribution >= 0.6 is 23.1 Å². The molecule has 3 N–H and O–H groups in total. The first-order valence-corrected chi connectivity index (χ1v) is 12.0. The Morgan fingerprint density at radius 3 is 2.87 bits per heavy atom. The second-order valence-corrected chi connectivity index (χ2v) is 10.1. The summed E-state index contributed by atoms with van der Waals surface area (Å²) in [6.45, 7) is 0.523. The smallest absolute Gasteiger partial charge is 0.231 e. The highest BCUT2D eigenvalue weighted by Crippen LogP contribution is 2.32. The van der Waals surface area contributed by atoms with Crippen molar-refractivity contribution in [1.82, 2.24) is 15.3 Å². The Balaban J connectivity index is 1.33. The van der Waals surface area contributed by atoms with Gasteiger partial charge in [0.05, 0.1) is 11.9 Å². The molecule has 3 aromatic rings. The Hall–Kier alpha value is -2.83. The topological polar surface area (TPSA) is 134 Å². The zero-order valence-electron chi connectivity index (χ0n) is 15.4. The van der Waals surface area contributed by atoms with E-state index in [0.29, 0.717) is 18.0 Å². The average molecular weight is 465 g/mol. The summed E-state index contributed by atoms with van der Waals surface area (Å²) in [4.78, 5) is 20.0. The molecule has 156 valence electrons. The quantitative estimate of drug-likeness (QED) is 0.398. The van der Waals surface area contributed by atoms with E-state index in [1.54, 1.807) is 17.5 Å². The van der Waals surface area contributed by atoms with Gasteiger partial charge in [0.1, 0.15) is 14.9 Å². The Morgan fingerprint density at radius 1 is 1.27 bits per heavy atom. The Morgan fingerprint density at radius 2 is 2.10 bits per heavy atom. The Kier molecular flexibility index (Phi) is 5.79. The summed E-state index contributed by atoms with van der Waals surface area (Å²) >= 11 is 2.15. The van der Waals surface area contributed by atoms with E-state index >= 15 is 0 Å². The summed E-state index contributed by atoms with van der Waals surface area (Å²) < 4.78 is 35.8. The van der Waals surface area contributed by atoms with Gasteiger partial charge in [-0.05, 0) is 29.1 Å². The van der Waals surface area contributed by atoms with Crippen LogP contribution in [0.3, 0.4) is 0 Å². The third kappa shape index (κ3) is 4.35. The molecule has 30 heavy (non-hydrogen) atoms. The van der Waals surface area contributed by atoms with Gasteiger partial charge in [-0.2, -0.15) is 0 Å². The molecular weight excluding hydrogens is 448 g/mol. The van der Waals surface area contributed by atoms with E-state index in [1.807, 2.05) is 12.1 Å². The molecule has 0 saturated carbocycles. The molecule has 1 aliphatic rings. The van der Waals surface area contributed by atoms with Gasteiger partial charge < -0.3 is 20.5 Å². The molecule has 0 fully saturated rings. The van der Waals surface area contributed by atoms with Crippen LogP contribution in [0, 0.1) is 0 Å². The summed E-state index contributed by atoms with van der Waals surface area (Å²) in [5, 5.41) is 4.67. The van der Waals surface area contributed by atoms with Gasteiger partial charge in [0, 0.05) is 6.54 Å². The van der Waals surface area contributed by atoms with E-state index in [4.69, 9.17) is 15.2 Å². The zero-order chi connectivity index (χ0) is 21.1. The highest BCUT2D eigenvalue weighted by atomic mass is 32.2. The molecule has 0 unspecified atom stereocenters. The molecule has 0 bridgehead atoms. The summed E-state index contributed by atoms with van der Waals surface area (Å²) in [7, 11) is -3.76. The second kappa shape index (κ2) is 8.50. The normalized spacial score (nSPS) is 12.7. The van der Waals surface area contributed by atoms with Crippen LogP contribution in [0.4, 0.5) is 5.82 Å². The first-order chi connectivity index (χ1) is 14.4. The van der Waals surface area contributed by atoms with Gasteiger partial charge in [0.15, 0.2) is 16.7 Å². The van der Waals surface area contributed by atoms with Crippen molar-refractivity contribution in [3.05, 3.63) is 47.5 Å². The minimum Gasteiger partial charge on any atom is -0.454 e. The summed E-state index contributed by atoms with van der Waals surface area (Å²) in [6.07, 6.45) is 1.17. The number of thiophene rings is 1. The number of thioether (sulfide) groups is 1. The number of amides is 1. The standard InChI is InChI=1S/C18H16N4O5S3/c19-17-14(30(24,25)16-2-1-5-28-16)8-21-18(22-17)29-9-15(23)20-7-11-3-4-12-13(6-11)27-10-26-12/h1-6,8H,7,9-10H2,(H,20,23)(H2,19,21,22). The number of anilines is 1. The number of nitrogens with two attached hydrogens (primary N) is 1. The van der Waals surface area contributed by atoms with Crippen LogP contribution in [0.15, 0.2) is 56.2 Å². The van der Waals surface area contributed by atoms with Gasteiger partial charge in [0.25, 0.3) is 0 Å². The fourth-order valence-corrected chi connectivity index (χ4v) is 5.63. The van der Waals surface area contributed by atoms with Crippen molar-refractivity contribution in [3.63, 3.8) is 0 Å². The van der Waals surface area contributed by atoms with Crippen LogP contribution in [0.1, 0.15) is 5.56 Å². The maximum atomic E-state index is 12.5. The largest absolute Gasteiger partial charge is 0.454 e. The van der Waals surface area contributed by atoms with Crippen LogP contribution in [-0.2, 0) is 21.2 Å². The highest BCUT2D eigenvalue weighted by Gasteiger charge is 2.23. The van der Waals surface area contributed by atoms with E-state index in [2.05, 4.69) is 15.3 Å². The minimum absolute atomic E-state index is 0.0566. The number of nitrogens with zero attached hydrogens (tertiary/aromatic N) is 2. The third-order valence-corrected chi connectivity index (χ3v) is 8.10. The lowest BCUT2D eigenvalue weighted by atomic mass is 10.2. The van der Waals surface area contributed by atoms with Crippen LogP contribution in [0.2, 0.25) is 0 Å². The van der Waals surface area contributed by atoms with Crippen molar-refractivity contribution in [2.24, 2.45) is 0 Å². The molecule has 3 heterocycles. The van der Waals surface area contributed by atoms with Crippen molar-refractivity contribution in [2.75, 3.05) is 18.3 Å². The van der Waals surface area contributed by atoms with Crippen molar-refractivity contribution >= 4 is 44.7 Å². The minimum atomic E-state index is -3.76. The molecule has 4 rings (SSSR count). The molecule has 1 amide bonds. The van der Waals surface area contributed by atoms with E-state index < -0.39 is 9.84 Å². The van der Waals surface area contributed by atoms with Gasteiger partial charge in [-0.25, -0.2) is 18.4 Å². The van der Waals surface area contributed by atoms with Gasteiger partial charge in [-0.3, -0.25) is 4.79 Å². The molecule has 0 radical (unpaired) electrons. The highest BCUT2D eigenvalue weighted by molar-refractivity contribution is 7.99. The first kappa shape index (κ1) is 20.4. The number of aromatic nitrogens is 2. The number of rotatable bonds is 7. The van der Waals surface area contributed by atoms with E-state index in [-0.39, 0.29) is 38.5 Å². The molecule has 2 aromatic heterocycles. The molecule has 0 atom stereocenters. The lowest BCUT2D eigenvalue weighted by Crippen LogP contribution is -2.24. The van der Waals surface area contributed by atoms with E-state index in [9.17, 15) is 13.2 Å².